The van der Waals surface area contributed by atoms with E-state index in [0.717, 1.165) is 11.3 Å². The normalized spacial score (nSPS) is 10.7. The van der Waals surface area contributed by atoms with E-state index in [2.05, 4.69) is 15.0 Å². The molecule has 0 radical (unpaired) electrons. The lowest BCUT2D eigenvalue weighted by atomic mass is 10.2. The highest BCUT2D eigenvalue weighted by molar-refractivity contribution is 5.79. The van der Waals surface area contributed by atoms with Gasteiger partial charge in [-0.05, 0) is 17.7 Å². The molecule has 2 rings (SSSR count). The van der Waals surface area contributed by atoms with Crippen LogP contribution in [0, 0.1) is 0 Å². The molecule has 0 unspecified atom stereocenters. The van der Waals surface area contributed by atoms with Gasteiger partial charge >= 0.3 is 0 Å². The first-order valence-corrected chi connectivity index (χ1v) is 4.55. The van der Waals surface area contributed by atoms with Gasteiger partial charge in [0.15, 0.2) is 0 Å². The predicted molar refractivity (Wildman–Crippen MR) is 58.2 cm³/mol. The quantitative estimate of drug-likeness (QED) is 0.561. The molecule has 76 valence electrons. The molecule has 0 saturated carbocycles. The summed E-state index contributed by atoms with van der Waals surface area (Å²) in [7, 11) is 1.52. The molecule has 0 fully saturated rings. The molecule has 0 spiro atoms. The molecule has 15 heavy (non-hydrogen) atoms. The largest absolute Gasteiger partial charge is 0.399 e. The molecule has 0 bridgehead atoms. The van der Waals surface area contributed by atoms with Crippen LogP contribution < -0.4 is 0 Å². The van der Waals surface area contributed by atoms with Gasteiger partial charge in [0.1, 0.15) is 7.11 Å². The van der Waals surface area contributed by atoms with Crippen LogP contribution in [0.4, 0.5) is 0 Å². The smallest absolute Gasteiger partial charge is 0.106 e. The molecule has 0 amide bonds. The predicted octanol–water partition coefficient (Wildman–Crippen LogP) is 1.85. The molecule has 4 nitrogen and oxygen atoms in total. The first-order chi connectivity index (χ1) is 7.40. The van der Waals surface area contributed by atoms with Crippen molar-refractivity contribution in [1.29, 1.82) is 0 Å². The van der Waals surface area contributed by atoms with Gasteiger partial charge in [-0.1, -0.05) is 17.3 Å². The number of hydrogen-bond donors (Lipinski definition) is 0. The van der Waals surface area contributed by atoms with Gasteiger partial charge in [0.2, 0.25) is 0 Å². The summed E-state index contributed by atoms with van der Waals surface area (Å²) in [4.78, 5) is 8.59. The standard InChI is InChI=1S/C11H11N3O/c1-15-13-8-10-2-4-11(5-3-10)14-7-6-12-9-14/h2-9H,1H3/b13-8+. The Labute approximate surface area is 87.8 Å². The van der Waals surface area contributed by atoms with Crippen molar-refractivity contribution in [3.63, 3.8) is 0 Å². The van der Waals surface area contributed by atoms with Crippen LogP contribution in [-0.2, 0) is 4.84 Å². The molecule has 0 atom stereocenters. The molecule has 0 aliphatic carbocycles. The van der Waals surface area contributed by atoms with Crippen LogP contribution in [0.25, 0.3) is 5.69 Å². The molecule has 0 N–H and O–H groups in total. The van der Waals surface area contributed by atoms with Gasteiger partial charge < -0.3 is 9.40 Å². The van der Waals surface area contributed by atoms with Crippen LogP contribution >= 0.6 is 0 Å². The molecule has 2 aromatic rings. The van der Waals surface area contributed by atoms with Crippen molar-refractivity contribution in [3.05, 3.63) is 48.5 Å². The van der Waals surface area contributed by atoms with Crippen LogP contribution in [0.2, 0.25) is 0 Å². The first-order valence-electron chi connectivity index (χ1n) is 4.55. The van der Waals surface area contributed by atoms with Crippen molar-refractivity contribution in [2.45, 2.75) is 0 Å². The van der Waals surface area contributed by atoms with Gasteiger partial charge in [-0.25, -0.2) is 4.98 Å². The minimum Gasteiger partial charge on any atom is -0.399 e. The third kappa shape index (κ3) is 2.22. The summed E-state index contributed by atoms with van der Waals surface area (Å²) in [6, 6.07) is 7.94. The van der Waals surface area contributed by atoms with E-state index >= 15 is 0 Å². The number of benzene rings is 1. The topological polar surface area (TPSA) is 39.4 Å². The minimum atomic E-state index is 1.00. The van der Waals surface area contributed by atoms with E-state index in [1.807, 2.05) is 35.0 Å². The van der Waals surface area contributed by atoms with E-state index in [9.17, 15) is 0 Å². The average Bonchev–Trinajstić information content (AvgIpc) is 2.80. The zero-order valence-electron chi connectivity index (χ0n) is 8.37. The third-order valence-electron chi connectivity index (χ3n) is 2.00. The maximum absolute atomic E-state index is 4.60. The summed E-state index contributed by atoms with van der Waals surface area (Å²) < 4.78 is 1.94. The van der Waals surface area contributed by atoms with E-state index in [4.69, 9.17) is 0 Å². The maximum Gasteiger partial charge on any atom is 0.106 e. The summed E-state index contributed by atoms with van der Waals surface area (Å²) >= 11 is 0. The summed E-state index contributed by atoms with van der Waals surface area (Å²) in [6.07, 6.45) is 7.08. The van der Waals surface area contributed by atoms with Gasteiger partial charge in [-0.15, -0.1) is 0 Å². The van der Waals surface area contributed by atoms with Gasteiger partial charge in [0.25, 0.3) is 0 Å². The number of aromatic nitrogens is 2. The molecule has 1 aromatic heterocycles. The van der Waals surface area contributed by atoms with E-state index < -0.39 is 0 Å². The van der Waals surface area contributed by atoms with E-state index in [1.165, 1.54) is 7.11 Å². The Morgan fingerprint density at radius 3 is 2.73 bits per heavy atom. The molecule has 1 aromatic carbocycles. The number of hydrogen-bond acceptors (Lipinski definition) is 3. The Morgan fingerprint density at radius 2 is 2.13 bits per heavy atom. The third-order valence-corrected chi connectivity index (χ3v) is 2.00. The number of rotatable bonds is 3. The second-order valence-corrected chi connectivity index (χ2v) is 2.98. The fraction of sp³-hybridized carbons (Fsp3) is 0.0909. The summed E-state index contributed by atoms with van der Waals surface area (Å²) in [5, 5.41) is 3.69. The van der Waals surface area contributed by atoms with Crippen molar-refractivity contribution in [1.82, 2.24) is 9.55 Å². The van der Waals surface area contributed by atoms with Gasteiger partial charge in [-0.2, -0.15) is 0 Å². The Kier molecular flexibility index (Phi) is 2.78. The molecular formula is C11H11N3O. The zero-order valence-corrected chi connectivity index (χ0v) is 8.37. The van der Waals surface area contributed by atoms with Crippen LogP contribution in [0.3, 0.4) is 0 Å². The highest BCUT2D eigenvalue weighted by atomic mass is 16.6. The highest BCUT2D eigenvalue weighted by Gasteiger charge is 1.94. The van der Waals surface area contributed by atoms with E-state index in [-0.39, 0.29) is 0 Å². The summed E-state index contributed by atoms with van der Waals surface area (Å²) in [6.45, 7) is 0. The van der Waals surface area contributed by atoms with Crippen molar-refractivity contribution in [2.24, 2.45) is 5.16 Å². The second kappa shape index (κ2) is 4.41. The molecule has 0 aliphatic heterocycles. The van der Waals surface area contributed by atoms with E-state index in [1.54, 1.807) is 18.7 Å². The minimum absolute atomic E-state index is 1.00. The number of oxime groups is 1. The summed E-state index contributed by atoms with van der Waals surface area (Å²) in [5.41, 5.74) is 2.07. The molecule has 0 saturated heterocycles. The van der Waals surface area contributed by atoms with Crippen molar-refractivity contribution >= 4 is 6.21 Å². The Bertz CT molecular complexity index is 431. The van der Waals surface area contributed by atoms with Crippen molar-refractivity contribution in [2.75, 3.05) is 7.11 Å². The SMILES string of the molecule is CO/N=C/c1ccc(-n2ccnc2)cc1. The maximum atomic E-state index is 4.60. The fourth-order valence-electron chi connectivity index (χ4n) is 1.26. The zero-order chi connectivity index (χ0) is 10.5. The van der Waals surface area contributed by atoms with Gasteiger partial charge in [-0.3, -0.25) is 0 Å². The summed E-state index contributed by atoms with van der Waals surface area (Å²) in [5.74, 6) is 0. The van der Waals surface area contributed by atoms with Gasteiger partial charge in [0.05, 0.1) is 12.5 Å². The lowest BCUT2D eigenvalue weighted by Crippen LogP contribution is -1.90. The highest BCUT2D eigenvalue weighted by Crippen LogP contribution is 2.07. The van der Waals surface area contributed by atoms with Crippen LogP contribution in [0.1, 0.15) is 5.56 Å². The lowest BCUT2D eigenvalue weighted by Gasteiger charge is -2.01. The fourth-order valence-corrected chi connectivity index (χ4v) is 1.26. The van der Waals surface area contributed by atoms with Crippen LogP contribution in [0.15, 0.2) is 48.1 Å². The first kappa shape index (κ1) is 9.45. The second-order valence-electron chi connectivity index (χ2n) is 2.98. The van der Waals surface area contributed by atoms with Crippen LogP contribution in [0.5, 0.6) is 0 Å². The average molecular weight is 201 g/mol. The number of imidazole rings is 1. The molecule has 1 heterocycles. The Morgan fingerprint density at radius 1 is 1.33 bits per heavy atom. The van der Waals surface area contributed by atoms with Crippen molar-refractivity contribution < 1.29 is 4.84 Å². The molecule has 0 aliphatic rings. The van der Waals surface area contributed by atoms with E-state index in [0.29, 0.717) is 0 Å². The van der Waals surface area contributed by atoms with Crippen LogP contribution in [-0.4, -0.2) is 22.9 Å². The molecular weight excluding hydrogens is 190 g/mol. The number of nitrogens with zero attached hydrogens (tertiary/aromatic N) is 3. The monoisotopic (exact) mass is 201 g/mol. The Hall–Kier alpha value is -2.10. The Balaban J connectivity index is 2.21. The molecule has 4 heteroatoms. The lowest BCUT2D eigenvalue weighted by molar-refractivity contribution is 0.215. The van der Waals surface area contributed by atoms with Crippen molar-refractivity contribution in [3.8, 4) is 5.69 Å². The van der Waals surface area contributed by atoms with Gasteiger partial charge in [0, 0.05) is 18.1 Å².